The third-order valence-electron chi connectivity index (χ3n) is 1.55. The van der Waals surface area contributed by atoms with Crippen LogP contribution in [0.15, 0.2) is 30.3 Å². The number of alkyl halides is 3. The van der Waals surface area contributed by atoms with Crippen LogP contribution in [0.2, 0.25) is 0 Å². The van der Waals surface area contributed by atoms with E-state index in [2.05, 4.69) is 6.44 Å². The molecule has 1 rings (SSSR count). The molecule has 0 aliphatic heterocycles. The molecule has 0 amide bonds. The number of nitriles is 1. The monoisotopic (exact) mass is 403 g/mol. The molecule has 1 aromatic carbocycles. The molecule has 0 aliphatic carbocycles. The van der Waals surface area contributed by atoms with E-state index in [4.69, 9.17) is 5.26 Å². The van der Waals surface area contributed by atoms with Gasteiger partial charge >= 0.3 is 115 Å². The molecule has 9 heteroatoms. The van der Waals surface area contributed by atoms with Crippen molar-refractivity contribution in [3.8, 4) is 15.9 Å². The SMILES string of the molecule is N#CC#CI(OS(=O)(=O)C(F)(F)F)c1ccccc1. The number of hydrogen-bond acceptors (Lipinski definition) is 4. The van der Waals surface area contributed by atoms with Crippen molar-refractivity contribution >= 4 is 30.4 Å². The second kappa shape index (κ2) is 6.23. The number of nitrogens with zero attached hydrogens (tertiary/aromatic N) is 1. The van der Waals surface area contributed by atoms with Gasteiger partial charge in [-0.05, 0) is 0 Å². The van der Waals surface area contributed by atoms with Crippen LogP contribution in [0.3, 0.4) is 0 Å². The fourth-order valence-corrected chi connectivity index (χ4v) is 5.83. The van der Waals surface area contributed by atoms with Gasteiger partial charge in [-0.25, -0.2) is 0 Å². The van der Waals surface area contributed by atoms with E-state index in [0.717, 1.165) is 0 Å². The first-order valence-electron chi connectivity index (χ1n) is 4.44. The van der Waals surface area contributed by atoms with E-state index in [-0.39, 0.29) is 3.57 Å². The maximum atomic E-state index is 12.2. The van der Waals surface area contributed by atoms with E-state index in [9.17, 15) is 21.6 Å². The first-order valence-corrected chi connectivity index (χ1v) is 8.88. The van der Waals surface area contributed by atoms with E-state index in [1.165, 1.54) is 30.3 Å². The third kappa shape index (κ3) is 4.38. The van der Waals surface area contributed by atoms with Crippen LogP contribution < -0.4 is 0 Å². The molecule has 0 fully saturated rings. The summed E-state index contributed by atoms with van der Waals surface area (Å²) in [6.45, 7) is 0. The Labute approximate surface area is 115 Å². The summed E-state index contributed by atoms with van der Waals surface area (Å²) < 4.78 is 65.2. The van der Waals surface area contributed by atoms with Crippen molar-refractivity contribution < 1.29 is 24.1 Å². The number of rotatable bonds is 3. The molecule has 0 atom stereocenters. The Kier molecular flexibility index (Phi) is 5.17. The van der Waals surface area contributed by atoms with Crippen molar-refractivity contribution in [3.05, 3.63) is 33.9 Å². The summed E-state index contributed by atoms with van der Waals surface area (Å²) in [5.74, 6) is 1.89. The van der Waals surface area contributed by atoms with E-state index in [1.54, 1.807) is 6.07 Å². The van der Waals surface area contributed by atoms with Crippen LogP contribution in [0.5, 0.6) is 0 Å². The molecule has 0 spiro atoms. The summed E-state index contributed by atoms with van der Waals surface area (Å²) in [4.78, 5) is 0. The zero-order valence-electron chi connectivity index (χ0n) is 8.98. The Balaban J connectivity index is 3.13. The molecule has 0 radical (unpaired) electrons. The molecular weight excluding hydrogens is 398 g/mol. The second-order valence-corrected chi connectivity index (χ2v) is 8.62. The Bertz CT molecular complexity index is 641. The molecule has 4 nitrogen and oxygen atoms in total. The van der Waals surface area contributed by atoms with Gasteiger partial charge in [0.15, 0.2) is 0 Å². The predicted octanol–water partition coefficient (Wildman–Crippen LogP) is 2.63. The fourth-order valence-electron chi connectivity index (χ4n) is 0.818. The fraction of sp³-hybridized carbons (Fsp3) is 0.100. The first kappa shape index (κ1) is 15.8. The van der Waals surface area contributed by atoms with E-state index < -0.39 is 35.9 Å². The summed E-state index contributed by atoms with van der Waals surface area (Å²) in [5, 5.41) is 8.29. The third-order valence-corrected chi connectivity index (χ3v) is 7.52. The standard InChI is InChI=1S/C10H5F3INO3S/c11-10(12,13)19(16,17)18-14(7-4-8-15)9-5-2-1-3-6-9/h1-3,5-6H. The van der Waals surface area contributed by atoms with Gasteiger partial charge in [0.2, 0.25) is 0 Å². The molecule has 0 aliphatic rings. The molecule has 0 bridgehead atoms. The number of hydrogen-bond donors (Lipinski definition) is 0. The van der Waals surface area contributed by atoms with Crippen LogP contribution in [0.25, 0.3) is 0 Å². The normalized spacial score (nSPS) is 12.0. The quantitative estimate of drug-likeness (QED) is 0.442. The molecule has 102 valence electrons. The molecule has 0 unspecified atom stereocenters. The molecule has 0 saturated heterocycles. The van der Waals surface area contributed by atoms with Crippen molar-refractivity contribution in [2.24, 2.45) is 0 Å². The Hall–Kier alpha value is -1.30. The molecule has 0 aromatic heterocycles. The van der Waals surface area contributed by atoms with Gasteiger partial charge in [-0.3, -0.25) is 0 Å². The van der Waals surface area contributed by atoms with Crippen LogP contribution >= 0.6 is 20.2 Å². The van der Waals surface area contributed by atoms with Gasteiger partial charge in [-0.2, -0.15) is 0 Å². The second-order valence-electron chi connectivity index (χ2n) is 2.84. The molecule has 19 heavy (non-hydrogen) atoms. The van der Waals surface area contributed by atoms with Gasteiger partial charge < -0.3 is 0 Å². The molecular formula is C10H5F3INO3S. The van der Waals surface area contributed by atoms with Crippen molar-refractivity contribution in [2.45, 2.75) is 5.51 Å². The minimum absolute atomic E-state index is 0.252. The summed E-state index contributed by atoms with van der Waals surface area (Å²) in [7, 11) is -5.72. The van der Waals surface area contributed by atoms with E-state index >= 15 is 0 Å². The summed E-state index contributed by atoms with van der Waals surface area (Å²) >= 11 is -3.42. The molecule has 0 saturated carbocycles. The predicted molar refractivity (Wildman–Crippen MR) is 68.6 cm³/mol. The van der Waals surface area contributed by atoms with Crippen molar-refractivity contribution in [1.29, 1.82) is 5.26 Å². The van der Waals surface area contributed by atoms with Crippen LogP contribution in [0.1, 0.15) is 0 Å². The topological polar surface area (TPSA) is 67.2 Å². The van der Waals surface area contributed by atoms with Crippen molar-refractivity contribution in [3.63, 3.8) is 0 Å². The zero-order chi connectivity index (χ0) is 14.5. The van der Waals surface area contributed by atoms with E-state index in [0.29, 0.717) is 0 Å². The molecule has 0 N–H and O–H groups in total. The summed E-state index contributed by atoms with van der Waals surface area (Å²) in [6, 6.07) is 8.85. The number of halogens is 4. The first-order chi connectivity index (χ1) is 8.78. The van der Waals surface area contributed by atoms with Gasteiger partial charge in [-0.1, -0.05) is 0 Å². The molecule has 1 aromatic rings. The maximum absolute atomic E-state index is 12.2. The Morgan fingerprint density at radius 1 is 1.21 bits per heavy atom. The van der Waals surface area contributed by atoms with Crippen molar-refractivity contribution in [2.75, 3.05) is 0 Å². The number of benzene rings is 1. The van der Waals surface area contributed by atoms with Crippen LogP contribution in [-0.4, -0.2) is 13.9 Å². The van der Waals surface area contributed by atoms with E-state index in [1.807, 2.05) is 5.92 Å². The average molecular weight is 403 g/mol. The zero-order valence-corrected chi connectivity index (χ0v) is 12.0. The van der Waals surface area contributed by atoms with Gasteiger partial charge in [-0.15, -0.1) is 0 Å². The summed E-state index contributed by atoms with van der Waals surface area (Å²) in [5.41, 5.74) is -5.51. The van der Waals surface area contributed by atoms with Gasteiger partial charge in [0.1, 0.15) is 0 Å². The van der Waals surface area contributed by atoms with Crippen LogP contribution in [0.4, 0.5) is 13.2 Å². The Morgan fingerprint density at radius 2 is 1.79 bits per heavy atom. The Morgan fingerprint density at radius 3 is 2.26 bits per heavy atom. The average Bonchev–Trinajstić information content (AvgIpc) is 2.34. The van der Waals surface area contributed by atoms with Crippen LogP contribution in [0, 0.1) is 24.7 Å². The summed E-state index contributed by atoms with van der Waals surface area (Å²) in [6.07, 6.45) is 0. The van der Waals surface area contributed by atoms with Crippen LogP contribution in [-0.2, 0) is 12.6 Å². The minimum atomic E-state index is -5.72. The van der Waals surface area contributed by atoms with Gasteiger partial charge in [0, 0.05) is 0 Å². The molecule has 0 heterocycles. The van der Waals surface area contributed by atoms with Gasteiger partial charge in [0.05, 0.1) is 0 Å². The van der Waals surface area contributed by atoms with Crippen molar-refractivity contribution in [1.82, 2.24) is 0 Å². The van der Waals surface area contributed by atoms with Gasteiger partial charge in [0.25, 0.3) is 0 Å².